The van der Waals surface area contributed by atoms with Gasteiger partial charge in [0.25, 0.3) is 0 Å². The highest BCUT2D eigenvalue weighted by atomic mass is 16.7. The van der Waals surface area contributed by atoms with Gasteiger partial charge in [-0.2, -0.15) is 0 Å². The van der Waals surface area contributed by atoms with E-state index in [2.05, 4.69) is 0 Å². The van der Waals surface area contributed by atoms with E-state index in [1.165, 1.54) is 0 Å². The highest BCUT2D eigenvalue weighted by molar-refractivity contribution is 5.95. The van der Waals surface area contributed by atoms with Crippen LogP contribution in [0.5, 0.6) is 0 Å². The Morgan fingerprint density at radius 2 is 1.92 bits per heavy atom. The van der Waals surface area contributed by atoms with Crippen LogP contribution in [0.3, 0.4) is 0 Å². The van der Waals surface area contributed by atoms with E-state index in [1.54, 1.807) is 39.8 Å². The SMILES string of the molecule is CC1=CC(=CC(C)C(=O)C2(C)CCC34CC56OC(=O)CC5OC(C)(CO)C6CCC3C(=O)C(O)(C2)O4)OC1=O. The Balaban J connectivity index is 1.33. The van der Waals surface area contributed by atoms with Crippen LogP contribution < -0.4 is 0 Å². The molecule has 6 rings (SSSR count). The minimum Gasteiger partial charge on any atom is -0.456 e. The predicted octanol–water partition coefficient (Wildman–Crippen LogP) is 2.05. The fourth-order valence-electron chi connectivity index (χ4n) is 8.49. The summed E-state index contributed by atoms with van der Waals surface area (Å²) >= 11 is 0. The Kier molecular flexibility index (Phi) is 5.71. The summed E-state index contributed by atoms with van der Waals surface area (Å²) in [4.78, 5) is 51.9. The molecule has 0 amide bonds. The number of aliphatic hydroxyl groups is 2. The van der Waals surface area contributed by atoms with Crippen LogP contribution in [0.1, 0.15) is 72.6 Å². The molecule has 5 fully saturated rings. The number of aliphatic hydroxyl groups excluding tert-OH is 1. The van der Waals surface area contributed by atoms with Crippen molar-refractivity contribution in [3.8, 4) is 0 Å². The van der Waals surface area contributed by atoms with Gasteiger partial charge in [0.15, 0.2) is 5.78 Å². The molecular formula is C29H36O10. The van der Waals surface area contributed by atoms with Gasteiger partial charge < -0.3 is 29.2 Å². The van der Waals surface area contributed by atoms with E-state index in [0.717, 1.165) is 0 Å². The van der Waals surface area contributed by atoms with E-state index in [1.807, 2.05) is 0 Å². The summed E-state index contributed by atoms with van der Waals surface area (Å²) in [7, 11) is 0. The van der Waals surface area contributed by atoms with Gasteiger partial charge in [0.1, 0.15) is 23.2 Å². The predicted molar refractivity (Wildman–Crippen MR) is 132 cm³/mol. The number of esters is 2. The second-order valence-corrected chi connectivity index (χ2v) is 13.1. The van der Waals surface area contributed by atoms with Crippen molar-refractivity contribution < 1.29 is 48.3 Å². The molecule has 1 saturated carbocycles. The van der Waals surface area contributed by atoms with E-state index in [-0.39, 0.29) is 37.6 Å². The number of carbonyl (C=O) groups excluding carboxylic acids is 4. The molecule has 9 unspecified atom stereocenters. The molecule has 2 spiro atoms. The summed E-state index contributed by atoms with van der Waals surface area (Å²) in [5, 5.41) is 21.9. The standard InChI is InChI=1S/C29H36O10/c1-15(9-17-10-16(2)24(34)36-17)22(32)25(3)7-8-27-13-28-19(6-5-18(27)23(33)29(35,12-25)39-27)26(4,14-30)37-20(28)11-21(31)38-28/h9-10,15,18-20,30,35H,5-8,11-14H2,1-4H3. The van der Waals surface area contributed by atoms with Gasteiger partial charge in [0.2, 0.25) is 5.79 Å². The lowest BCUT2D eigenvalue weighted by molar-refractivity contribution is -0.235. The van der Waals surface area contributed by atoms with Crippen LogP contribution in [0.15, 0.2) is 23.5 Å². The third-order valence-corrected chi connectivity index (χ3v) is 10.3. The van der Waals surface area contributed by atoms with Gasteiger partial charge >= 0.3 is 11.9 Å². The average molecular weight is 545 g/mol. The van der Waals surface area contributed by atoms with E-state index in [9.17, 15) is 29.4 Å². The number of hydrogen-bond acceptors (Lipinski definition) is 10. The smallest absolute Gasteiger partial charge is 0.339 e. The van der Waals surface area contributed by atoms with Gasteiger partial charge in [-0.25, -0.2) is 4.79 Å². The molecule has 5 aliphatic heterocycles. The quantitative estimate of drug-likeness (QED) is 0.504. The van der Waals surface area contributed by atoms with Gasteiger partial charge in [-0.1, -0.05) is 13.8 Å². The number of carbonyl (C=O) groups is 4. The molecule has 212 valence electrons. The number of ether oxygens (including phenoxy) is 4. The van der Waals surface area contributed by atoms with Crippen molar-refractivity contribution in [1.29, 1.82) is 0 Å². The maximum absolute atomic E-state index is 13.8. The van der Waals surface area contributed by atoms with E-state index in [4.69, 9.17) is 18.9 Å². The first kappa shape index (κ1) is 26.8. The molecule has 10 nitrogen and oxygen atoms in total. The molecule has 0 radical (unpaired) electrons. The van der Waals surface area contributed by atoms with Crippen LogP contribution in [-0.2, 0) is 38.1 Å². The summed E-state index contributed by atoms with van der Waals surface area (Å²) in [6.45, 7) is 6.63. The third-order valence-electron chi connectivity index (χ3n) is 10.3. The maximum atomic E-state index is 13.8. The monoisotopic (exact) mass is 544 g/mol. The molecule has 5 heterocycles. The maximum Gasteiger partial charge on any atom is 0.339 e. The van der Waals surface area contributed by atoms with Gasteiger partial charge in [-0.15, -0.1) is 0 Å². The number of rotatable bonds is 4. The Morgan fingerprint density at radius 1 is 1.18 bits per heavy atom. The highest BCUT2D eigenvalue weighted by Crippen LogP contribution is 2.64. The molecule has 10 heteroatoms. The Labute approximate surface area is 226 Å². The first-order chi connectivity index (χ1) is 18.2. The van der Waals surface area contributed by atoms with Crippen molar-refractivity contribution in [2.45, 2.75) is 101 Å². The lowest BCUT2D eigenvalue weighted by atomic mass is 9.64. The Bertz CT molecular complexity index is 1240. The number of allylic oxidation sites excluding steroid dienone is 2. The molecule has 2 bridgehead atoms. The van der Waals surface area contributed by atoms with E-state index in [0.29, 0.717) is 37.0 Å². The summed E-state index contributed by atoms with van der Waals surface area (Å²) < 4.78 is 23.8. The van der Waals surface area contributed by atoms with E-state index < -0.39 is 63.7 Å². The number of hydrogen-bond donors (Lipinski definition) is 2. The first-order valence-electron chi connectivity index (χ1n) is 13.8. The number of ketones is 2. The minimum atomic E-state index is -2.16. The zero-order chi connectivity index (χ0) is 28.2. The van der Waals surface area contributed by atoms with Gasteiger partial charge in [0, 0.05) is 35.7 Å². The largest absolute Gasteiger partial charge is 0.456 e. The molecule has 6 aliphatic rings. The molecule has 9 atom stereocenters. The molecule has 1 aliphatic carbocycles. The van der Waals surface area contributed by atoms with Crippen LogP contribution >= 0.6 is 0 Å². The first-order valence-corrected chi connectivity index (χ1v) is 13.8. The lowest BCUT2D eigenvalue weighted by Crippen LogP contribution is -2.51. The second kappa shape index (κ2) is 8.31. The molecule has 0 aromatic carbocycles. The molecule has 39 heavy (non-hydrogen) atoms. The third kappa shape index (κ3) is 3.67. The molecule has 0 aromatic rings. The van der Waals surface area contributed by atoms with Crippen LogP contribution in [0, 0.1) is 23.2 Å². The molecule has 0 aromatic heterocycles. The summed E-state index contributed by atoms with van der Waals surface area (Å²) in [5.41, 5.74) is -3.82. The lowest BCUT2D eigenvalue weighted by Gasteiger charge is -2.40. The minimum absolute atomic E-state index is 0.0475. The average Bonchev–Trinajstić information content (AvgIpc) is 3.39. The van der Waals surface area contributed by atoms with Crippen molar-refractivity contribution in [3.05, 3.63) is 23.5 Å². The second-order valence-electron chi connectivity index (χ2n) is 13.1. The topological polar surface area (TPSA) is 146 Å². The Hall–Kier alpha value is -2.40. The van der Waals surface area contributed by atoms with Crippen molar-refractivity contribution in [3.63, 3.8) is 0 Å². The fraction of sp³-hybridized carbons (Fsp3) is 0.724. The Morgan fingerprint density at radius 3 is 2.59 bits per heavy atom. The molecule has 2 N–H and O–H groups in total. The van der Waals surface area contributed by atoms with Crippen molar-refractivity contribution in [2.75, 3.05) is 6.61 Å². The van der Waals surface area contributed by atoms with Gasteiger partial charge in [-0.05, 0) is 51.7 Å². The molecule has 4 saturated heterocycles. The van der Waals surface area contributed by atoms with Crippen molar-refractivity contribution in [1.82, 2.24) is 0 Å². The number of cyclic esters (lactones) is 1. The van der Waals surface area contributed by atoms with Crippen LogP contribution in [-0.4, -0.2) is 69.0 Å². The van der Waals surface area contributed by atoms with Gasteiger partial charge in [0.05, 0.1) is 30.1 Å². The van der Waals surface area contributed by atoms with Crippen molar-refractivity contribution >= 4 is 23.5 Å². The summed E-state index contributed by atoms with van der Waals surface area (Å²) in [6, 6.07) is 0. The normalized spacial score (nSPS) is 48.5. The van der Waals surface area contributed by atoms with Crippen LogP contribution in [0.4, 0.5) is 0 Å². The number of Topliss-reactive ketones (excluding diaryl/α,β-unsaturated/α-hetero) is 2. The van der Waals surface area contributed by atoms with Gasteiger partial charge in [-0.3, -0.25) is 14.4 Å². The van der Waals surface area contributed by atoms with Crippen LogP contribution in [0.2, 0.25) is 0 Å². The zero-order valence-corrected chi connectivity index (χ0v) is 22.8. The van der Waals surface area contributed by atoms with Crippen molar-refractivity contribution in [2.24, 2.45) is 23.2 Å². The van der Waals surface area contributed by atoms with Crippen LogP contribution in [0.25, 0.3) is 0 Å². The summed E-state index contributed by atoms with van der Waals surface area (Å²) in [6.07, 6.45) is 4.08. The van der Waals surface area contributed by atoms with E-state index >= 15 is 0 Å². The molecular weight excluding hydrogens is 508 g/mol. The number of fused-ring (bicyclic) bond motifs is 1. The zero-order valence-electron chi connectivity index (χ0n) is 22.8. The fourth-order valence-corrected chi connectivity index (χ4v) is 8.49. The summed E-state index contributed by atoms with van der Waals surface area (Å²) in [5.74, 6) is -4.96. The highest BCUT2D eigenvalue weighted by Gasteiger charge is 2.75.